The Morgan fingerprint density at radius 2 is 1.97 bits per heavy atom. The molecular formula is C18H18F4N6O. The Kier molecular flexibility index (Phi) is 5.85. The summed E-state index contributed by atoms with van der Waals surface area (Å²) in [5, 5.41) is 7.80. The summed E-state index contributed by atoms with van der Waals surface area (Å²) in [5.41, 5.74) is 6.21. The van der Waals surface area contributed by atoms with Gasteiger partial charge in [-0.25, -0.2) is 27.2 Å². The van der Waals surface area contributed by atoms with Crippen LogP contribution in [0.15, 0.2) is 35.6 Å². The number of methoxy groups -OCH3 is 1. The van der Waals surface area contributed by atoms with Gasteiger partial charge in [0.15, 0.2) is 0 Å². The summed E-state index contributed by atoms with van der Waals surface area (Å²) in [5.74, 6) is 0.611. The molecule has 0 fully saturated rings. The SMILES string of the molecule is COc1ccc(C=Nn2cc(C)nc2N)cc1Cn1nc(C(F)F)cc1C(F)F. The Morgan fingerprint density at radius 1 is 1.21 bits per heavy atom. The number of aromatic nitrogens is 4. The Bertz CT molecular complexity index is 1030. The van der Waals surface area contributed by atoms with Crippen LogP contribution in [0.25, 0.3) is 0 Å². The third kappa shape index (κ3) is 4.55. The van der Waals surface area contributed by atoms with E-state index in [1.54, 1.807) is 31.3 Å². The average Bonchev–Trinajstić information content (AvgIpc) is 3.23. The van der Waals surface area contributed by atoms with Crippen molar-refractivity contribution in [3.63, 3.8) is 0 Å². The first kappa shape index (κ1) is 20.4. The fourth-order valence-corrected chi connectivity index (χ4v) is 2.75. The van der Waals surface area contributed by atoms with Crippen molar-refractivity contribution in [3.8, 4) is 5.75 Å². The zero-order chi connectivity index (χ0) is 21.1. The zero-order valence-corrected chi connectivity index (χ0v) is 15.6. The molecule has 7 nitrogen and oxygen atoms in total. The average molecular weight is 410 g/mol. The number of ether oxygens (including phenoxy) is 1. The van der Waals surface area contributed by atoms with Crippen LogP contribution in [0.3, 0.4) is 0 Å². The Labute approximate surface area is 163 Å². The van der Waals surface area contributed by atoms with Crippen molar-refractivity contribution >= 4 is 12.2 Å². The van der Waals surface area contributed by atoms with Crippen LogP contribution in [0.4, 0.5) is 23.5 Å². The number of anilines is 1. The van der Waals surface area contributed by atoms with Gasteiger partial charge in [0.05, 0.1) is 31.8 Å². The number of halogens is 4. The number of hydrogen-bond acceptors (Lipinski definition) is 5. The Morgan fingerprint density at radius 3 is 2.55 bits per heavy atom. The monoisotopic (exact) mass is 410 g/mol. The maximum atomic E-state index is 13.2. The van der Waals surface area contributed by atoms with Crippen LogP contribution >= 0.6 is 0 Å². The third-order valence-electron chi connectivity index (χ3n) is 4.07. The normalized spacial score (nSPS) is 11.9. The summed E-state index contributed by atoms with van der Waals surface area (Å²) < 4.78 is 59.7. The molecule has 0 saturated heterocycles. The van der Waals surface area contributed by atoms with Crippen molar-refractivity contribution in [2.45, 2.75) is 26.3 Å². The van der Waals surface area contributed by atoms with Gasteiger partial charge in [-0.1, -0.05) is 0 Å². The van der Waals surface area contributed by atoms with Gasteiger partial charge in [0, 0.05) is 5.56 Å². The molecule has 0 bridgehead atoms. The van der Waals surface area contributed by atoms with Gasteiger partial charge in [-0.2, -0.15) is 10.2 Å². The van der Waals surface area contributed by atoms with E-state index in [9.17, 15) is 17.6 Å². The van der Waals surface area contributed by atoms with E-state index in [2.05, 4.69) is 15.2 Å². The minimum Gasteiger partial charge on any atom is -0.496 e. The van der Waals surface area contributed by atoms with Gasteiger partial charge < -0.3 is 10.5 Å². The van der Waals surface area contributed by atoms with Crippen molar-refractivity contribution in [2.75, 3.05) is 12.8 Å². The highest BCUT2D eigenvalue weighted by Crippen LogP contribution is 2.27. The van der Waals surface area contributed by atoms with Gasteiger partial charge >= 0.3 is 0 Å². The maximum absolute atomic E-state index is 13.2. The van der Waals surface area contributed by atoms with Crippen molar-refractivity contribution in [3.05, 3.63) is 58.7 Å². The first-order valence-electron chi connectivity index (χ1n) is 8.45. The highest BCUT2D eigenvalue weighted by Gasteiger charge is 2.22. The van der Waals surface area contributed by atoms with Crippen molar-refractivity contribution in [1.29, 1.82) is 0 Å². The van der Waals surface area contributed by atoms with E-state index in [-0.39, 0.29) is 12.5 Å². The van der Waals surface area contributed by atoms with Crippen LogP contribution < -0.4 is 10.5 Å². The number of alkyl halides is 4. The van der Waals surface area contributed by atoms with E-state index in [4.69, 9.17) is 10.5 Å². The molecule has 0 aliphatic heterocycles. The fourth-order valence-electron chi connectivity index (χ4n) is 2.75. The standard InChI is InChI=1S/C18H18F4N6O/c1-10-8-28(18(23)25-10)24-7-11-3-4-15(29-2)12(5-11)9-27-14(17(21)22)6-13(26-27)16(19)20/h3-8,16-17H,9H2,1-2H3,(H2,23,25). The summed E-state index contributed by atoms with van der Waals surface area (Å²) in [4.78, 5) is 4.03. The van der Waals surface area contributed by atoms with Crippen LogP contribution in [-0.4, -0.2) is 32.8 Å². The maximum Gasteiger partial charge on any atom is 0.282 e. The van der Waals surface area contributed by atoms with E-state index in [1.165, 1.54) is 18.0 Å². The first-order valence-corrected chi connectivity index (χ1v) is 8.45. The number of benzene rings is 1. The second-order valence-corrected chi connectivity index (χ2v) is 6.15. The van der Waals surface area contributed by atoms with Crippen molar-refractivity contribution in [1.82, 2.24) is 19.4 Å². The summed E-state index contributed by atoms with van der Waals surface area (Å²) in [6, 6.07) is 5.67. The Hall–Kier alpha value is -3.37. The highest BCUT2D eigenvalue weighted by molar-refractivity contribution is 5.80. The molecule has 0 atom stereocenters. The molecule has 29 heavy (non-hydrogen) atoms. The number of nitrogens with zero attached hydrogens (tertiary/aromatic N) is 5. The molecule has 0 spiro atoms. The smallest absolute Gasteiger partial charge is 0.282 e. The van der Waals surface area contributed by atoms with Gasteiger partial charge in [0.1, 0.15) is 17.1 Å². The van der Waals surface area contributed by atoms with Crippen LogP contribution in [0.1, 0.15) is 41.1 Å². The lowest BCUT2D eigenvalue weighted by molar-refractivity contribution is 0.139. The topological polar surface area (TPSA) is 83.2 Å². The number of aryl methyl sites for hydroxylation is 1. The second-order valence-electron chi connectivity index (χ2n) is 6.15. The lowest BCUT2D eigenvalue weighted by Gasteiger charge is -2.12. The molecule has 3 aromatic rings. The minimum atomic E-state index is -2.95. The summed E-state index contributed by atoms with van der Waals surface area (Å²) in [7, 11) is 1.42. The molecule has 2 aromatic heterocycles. The van der Waals surface area contributed by atoms with E-state index in [0.29, 0.717) is 28.6 Å². The van der Waals surface area contributed by atoms with E-state index >= 15 is 0 Å². The zero-order valence-electron chi connectivity index (χ0n) is 15.6. The van der Waals surface area contributed by atoms with Gasteiger partial charge in [0.25, 0.3) is 12.9 Å². The molecule has 1 aromatic carbocycles. The van der Waals surface area contributed by atoms with Crippen LogP contribution in [0, 0.1) is 6.92 Å². The number of hydrogen-bond donors (Lipinski definition) is 1. The highest BCUT2D eigenvalue weighted by atomic mass is 19.3. The van der Waals surface area contributed by atoms with Gasteiger partial charge in [0.2, 0.25) is 5.95 Å². The lowest BCUT2D eigenvalue weighted by Crippen LogP contribution is -2.09. The predicted octanol–water partition coefficient (Wildman–Crippen LogP) is 3.78. The van der Waals surface area contributed by atoms with Gasteiger partial charge in [-0.05, 0) is 36.8 Å². The summed E-state index contributed by atoms with van der Waals surface area (Å²) in [6.07, 6.45) is -2.75. The predicted molar refractivity (Wildman–Crippen MR) is 98.6 cm³/mol. The first-order chi connectivity index (χ1) is 13.8. The van der Waals surface area contributed by atoms with Crippen molar-refractivity contribution in [2.24, 2.45) is 5.10 Å². The molecule has 0 radical (unpaired) electrons. The van der Waals surface area contributed by atoms with Gasteiger partial charge in [-0.15, -0.1) is 0 Å². The minimum absolute atomic E-state index is 0.177. The molecule has 154 valence electrons. The van der Waals surface area contributed by atoms with E-state index in [0.717, 1.165) is 4.68 Å². The molecule has 2 heterocycles. The molecule has 2 N–H and O–H groups in total. The van der Waals surface area contributed by atoms with Crippen LogP contribution in [-0.2, 0) is 6.54 Å². The van der Waals surface area contributed by atoms with Gasteiger partial charge in [-0.3, -0.25) is 4.68 Å². The molecule has 0 aliphatic rings. The van der Waals surface area contributed by atoms with E-state index in [1.807, 2.05) is 0 Å². The molecule has 11 heteroatoms. The van der Waals surface area contributed by atoms with Crippen LogP contribution in [0.5, 0.6) is 5.75 Å². The molecule has 0 aliphatic carbocycles. The van der Waals surface area contributed by atoms with Crippen LogP contribution in [0.2, 0.25) is 0 Å². The number of nitrogen functional groups attached to an aromatic ring is 1. The third-order valence-corrected chi connectivity index (χ3v) is 4.07. The quantitative estimate of drug-likeness (QED) is 0.475. The summed E-state index contributed by atoms with van der Waals surface area (Å²) in [6.45, 7) is 1.59. The number of rotatable bonds is 7. The van der Waals surface area contributed by atoms with E-state index < -0.39 is 24.2 Å². The summed E-state index contributed by atoms with van der Waals surface area (Å²) >= 11 is 0. The second kappa shape index (κ2) is 8.33. The fraction of sp³-hybridized carbons (Fsp3) is 0.278. The lowest BCUT2D eigenvalue weighted by atomic mass is 10.1. The number of imidazole rings is 1. The molecular weight excluding hydrogens is 392 g/mol. The molecule has 0 unspecified atom stereocenters. The Balaban J connectivity index is 1.93. The number of nitrogens with two attached hydrogens (primary N) is 1. The largest absolute Gasteiger partial charge is 0.496 e. The molecule has 0 amide bonds. The molecule has 3 rings (SSSR count). The van der Waals surface area contributed by atoms with Crippen molar-refractivity contribution < 1.29 is 22.3 Å². The molecule has 0 saturated carbocycles.